The number of aliphatic hydroxyl groups is 1. The van der Waals surface area contributed by atoms with Crippen LogP contribution in [0.5, 0.6) is 11.5 Å². The molecule has 0 bridgehead atoms. The highest BCUT2D eigenvalue weighted by Crippen LogP contribution is 2.59. The molecule has 9 nitrogen and oxygen atoms in total. The third-order valence-electron chi connectivity index (χ3n) is 7.54. The van der Waals surface area contributed by atoms with Gasteiger partial charge in [0.2, 0.25) is 0 Å². The number of aliphatic hydroxyl groups excluding tert-OH is 1. The number of benzene rings is 2. The quantitative estimate of drug-likeness (QED) is 0.511. The van der Waals surface area contributed by atoms with Gasteiger partial charge < -0.3 is 24.0 Å². The molecule has 6 rings (SSSR count). The zero-order valence-corrected chi connectivity index (χ0v) is 20.4. The van der Waals surface area contributed by atoms with Gasteiger partial charge in [0, 0.05) is 28.8 Å². The van der Waals surface area contributed by atoms with Gasteiger partial charge in [-0.3, -0.25) is 4.72 Å². The number of nitrogens with zero attached hydrogens (tertiary/aromatic N) is 2. The monoisotopic (exact) mass is 497 g/mol. The van der Waals surface area contributed by atoms with E-state index in [1.807, 2.05) is 0 Å². The van der Waals surface area contributed by atoms with Crippen molar-refractivity contribution in [3.63, 3.8) is 0 Å². The summed E-state index contributed by atoms with van der Waals surface area (Å²) in [5.74, 6) is 1.13. The van der Waals surface area contributed by atoms with Crippen molar-refractivity contribution in [2.24, 2.45) is 0 Å². The van der Waals surface area contributed by atoms with Crippen LogP contribution in [0.1, 0.15) is 30.4 Å². The summed E-state index contributed by atoms with van der Waals surface area (Å²) in [4.78, 5) is 2.09. The summed E-state index contributed by atoms with van der Waals surface area (Å²) < 4.78 is 45.9. The highest BCUT2D eigenvalue weighted by molar-refractivity contribution is 7.93. The van der Waals surface area contributed by atoms with Crippen LogP contribution in [0.15, 0.2) is 45.8 Å². The highest BCUT2D eigenvalue weighted by Gasteiger charge is 2.51. The molecular weight excluding hydrogens is 470 g/mol. The fraction of sp³-hybridized carbons (Fsp3) is 0.400. The lowest BCUT2D eigenvalue weighted by molar-refractivity contribution is 0.226. The van der Waals surface area contributed by atoms with Crippen LogP contribution >= 0.6 is 0 Å². The van der Waals surface area contributed by atoms with E-state index in [9.17, 15) is 13.5 Å². The van der Waals surface area contributed by atoms with E-state index in [2.05, 4.69) is 33.0 Å². The number of fused-ring (bicyclic) bond motifs is 4. The highest BCUT2D eigenvalue weighted by atomic mass is 32.2. The number of methoxy groups -OCH3 is 2. The molecule has 2 fully saturated rings. The van der Waals surface area contributed by atoms with E-state index >= 15 is 0 Å². The average Bonchev–Trinajstić information content (AvgIpc) is 3.50. The molecule has 0 amide bonds. The average molecular weight is 498 g/mol. The third kappa shape index (κ3) is 3.38. The van der Waals surface area contributed by atoms with Gasteiger partial charge in [0.15, 0.2) is 16.5 Å². The number of rotatable bonds is 7. The Balaban J connectivity index is 1.41. The van der Waals surface area contributed by atoms with E-state index in [1.54, 1.807) is 18.2 Å². The van der Waals surface area contributed by atoms with Crippen molar-refractivity contribution in [1.29, 1.82) is 0 Å². The maximum absolute atomic E-state index is 13.4. The first kappa shape index (κ1) is 22.2. The Kier molecular flexibility index (Phi) is 5.01. The normalized spacial score (nSPS) is 19.5. The van der Waals surface area contributed by atoms with Gasteiger partial charge in [0.1, 0.15) is 11.5 Å². The molecule has 2 heterocycles. The van der Waals surface area contributed by atoms with Crippen LogP contribution in [0.4, 0.5) is 11.5 Å². The summed E-state index contributed by atoms with van der Waals surface area (Å²) in [6.07, 6.45) is 3.67. The predicted octanol–water partition coefficient (Wildman–Crippen LogP) is 3.32. The molecule has 1 aromatic heterocycles. The first-order valence-electron chi connectivity index (χ1n) is 11.7. The van der Waals surface area contributed by atoms with Crippen LogP contribution in [0, 0.1) is 0 Å². The molecule has 1 aliphatic heterocycles. The van der Waals surface area contributed by atoms with Crippen molar-refractivity contribution in [2.75, 3.05) is 37.0 Å². The van der Waals surface area contributed by atoms with Crippen molar-refractivity contribution in [2.45, 2.75) is 42.0 Å². The lowest BCUT2D eigenvalue weighted by Crippen LogP contribution is -2.50. The van der Waals surface area contributed by atoms with E-state index in [0.717, 1.165) is 42.6 Å². The lowest BCUT2D eigenvalue weighted by atomic mass is 9.79. The topological polar surface area (TPSA) is 114 Å². The number of hydrogen-bond donors (Lipinski definition) is 2. The van der Waals surface area contributed by atoms with E-state index in [4.69, 9.17) is 14.0 Å². The minimum Gasteiger partial charge on any atom is -0.495 e. The van der Waals surface area contributed by atoms with E-state index in [1.165, 1.54) is 19.8 Å². The van der Waals surface area contributed by atoms with Crippen LogP contribution in [-0.2, 0) is 21.9 Å². The first-order chi connectivity index (χ1) is 16.9. The molecule has 184 valence electrons. The van der Waals surface area contributed by atoms with Crippen LogP contribution < -0.4 is 19.1 Å². The Morgan fingerprint density at radius 3 is 2.54 bits per heavy atom. The Bertz CT molecular complexity index is 1390. The maximum atomic E-state index is 13.4. The van der Waals surface area contributed by atoms with Crippen molar-refractivity contribution in [3.8, 4) is 22.8 Å². The minimum absolute atomic E-state index is 0.0277. The number of aromatic nitrogens is 1. The molecule has 3 aromatic rings. The van der Waals surface area contributed by atoms with Gasteiger partial charge in [0.25, 0.3) is 10.0 Å². The number of sulfonamides is 1. The molecule has 1 atom stereocenters. The number of nitrogens with one attached hydrogen (secondary N) is 1. The van der Waals surface area contributed by atoms with E-state index in [-0.39, 0.29) is 40.3 Å². The van der Waals surface area contributed by atoms with E-state index in [0.29, 0.717) is 12.2 Å². The molecule has 0 unspecified atom stereocenters. The first-order valence-corrected chi connectivity index (χ1v) is 13.1. The molecule has 10 heteroatoms. The second kappa shape index (κ2) is 7.89. The van der Waals surface area contributed by atoms with Crippen molar-refractivity contribution in [1.82, 2.24) is 5.16 Å². The summed E-state index contributed by atoms with van der Waals surface area (Å²) >= 11 is 0. The predicted molar refractivity (Wildman–Crippen MR) is 130 cm³/mol. The second-order valence-electron chi connectivity index (χ2n) is 9.44. The molecule has 1 saturated carbocycles. The van der Waals surface area contributed by atoms with E-state index < -0.39 is 10.0 Å². The standard InChI is InChI=1S/C25H27N3O6S/c1-32-20-4-3-5-21(33-2)23(20)35(30,31)27-24-18-13-25(9-10-25)19-7-6-15(28-11-8-16(28)14-29)12-17(19)22(18)34-26-24/h3-7,12,16,29H,8-11,13-14H2,1-2H3,(H,26,27)/t16-/m1/s1. The molecule has 2 aliphatic carbocycles. The van der Waals surface area contributed by atoms with Crippen LogP contribution in [0.3, 0.4) is 0 Å². The van der Waals surface area contributed by atoms with Crippen molar-refractivity contribution in [3.05, 3.63) is 47.5 Å². The van der Waals surface area contributed by atoms with Gasteiger partial charge in [-0.2, -0.15) is 0 Å². The molecule has 35 heavy (non-hydrogen) atoms. The van der Waals surface area contributed by atoms with Gasteiger partial charge >= 0.3 is 0 Å². The van der Waals surface area contributed by atoms with Gasteiger partial charge in [0.05, 0.1) is 26.9 Å². The number of ether oxygens (including phenoxy) is 2. The van der Waals surface area contributed by atoms with Crippen molar-refractivity contribution >= 4 is 21.5 Å². The molecular formula is C25H27N3O6S. The fourth-order valence-electron chi connectivity index (χ4n) is 5.39. The number of hydrogen-bond acceptors (Lipinski definition) is 8. The minimum atomic E-state index is -4.08. The molecule has 1 spiro atoms. The molecule has 2 aromatic carbocycles. The largest absolute Gasteiger partial charge is 0.495 e. The third-order valence-corrected chi connectivity index (χ3v) is 8.95. The summed E-state index contributed by atoms with van der Waals surface area (Å²) in [5.41, 5.74) is 3.91. The van der Waals surface area contributed by atoms with Gasteiger partial charge in [-0.25, -0.2) is 8.42 Å². The fourth-order valence-corrected chi connectivity index (χ4v) is 6.74. The number of anilines is 2. The smallest absolute Gasteiger partial charge is 0.270 e. The Labute approximate surface area is 203 Å². The lowest BCUT2D eigenvalue weighted by Gasteiger charge is -2.42. The van der Waals surface area contributed by atoms with Crippen LogP contribution in [0.2, 0.25) is 0 Å². The summed E-state index contributed by atoms with van der Waals surface area (Å²) in [6, 6.07) is 11.3. The summed E-state index contributed by atoms with van der Waals surface area (Å²) in [6.45, 7) is 1.01. The summed E-state index contributed by atoms with van der Waals surface area (Å²) in [5, 5.41) is 13.8. The SMILES string of the molecule is COc1cccc(OC)c1S(=O)(=O)Nc1noc2c1CC1(CC1)c1ccc(N3CC[C@@H]3CO)cc1-2. The molecule has 2 N–H and O–H groups in total. The Morgan fingerprint density at radius 2 is 1.94 bits per heavy atom. The zero-order valence-electron chi connectivity index (χ0n) is 19.6. The maximum Gasteiger partial charge on any atom is 0.270 e. The summed E-state index contributed by atoms with van der Waals surface area (Å²) in [7, 11) is -1.26. The van der Waals surface area contributed by atoms with Gasteiger partial charge in [-0.15, -0.1) is 0 Å². The molecule has 3 aliphatic rings. The van der Waals surface area contributed by atoms with Crippen LogP contribution in [-0.4, -0.2) is 52.1 Å². The van der Waals surface area contributed by atoms with Crippen LogP contribution in [0.25, 0.3) is 11.3 Å². The second-order valence-corrected chi connectivity index (χ2v) is 11.1. The van der Waals surface area contributed by atoms with Crippen molar-refractivity contribution < 1.29 is 27.5 Å². The van der Waals surface area contributed by atoms with Gasteiger partial charge in [-0.1, -0.05) is 17.3 Å². The Morgan fingerprint density at radius 1 is 1.20 bits per heavy atom. The molecule has 1 saturated heterocycles. The zero-order chi connectivity index (χ0) is 24.4. The molecule has 0 radical (unpaired) electrons. The van der Waals surface area contributed by atoms with Gasteiger partial charge in [-0.05, 0) is 55.5 Å². The Hall–Kier alpha value is -3.24.